The quantitative estimate of drug-likeness (QED) is 0.480. The standard InChI is InChI=1S/C6H12O4/c1-5(7)3-4-6(2,8)10-9-5/h7-8H,3-4H2,1-2H3. The topological polar surface area (TPSA) is 58.9 Å². The zero-order valence-corrected chi connectivity index (χ0v) is 6.13. The van der Waals surface area contributed by atoms with Crippen molar-refractivity contribution in [1.82, 2.24) is 0 Å². The maximum Gasteiger partial charge on any atom is 0.196 e. The maximum absolute atomic E-state index is 9.15. The van der Waals surface area contributed by atoms with Crippen LogP contribution < -0.4 is 0 Å². The third-order valence-electron chi connectivity index (χ3n) is 1.45. The van der Waals surface area contributed by atoms with Gasteiger partial charge >= 0.3 is 0 Å². The average Bonchev–Trinajstić information content (AvgIpc) is 1.79. The first kappa shape index (κ1) is 7.94. The molecule has 60 valence electrons. The first-order valence-corrected chi connectivity index (χ1v) is 3.23. The number of rotatable bonds is 0. The van der Waals surface area contributed by atoms with Crippen molar-refractivity contribution in [3.05, 3.63) is 0 Å². The molecule has 0 saturated carbocycles. The van der Waals surface area contributed by atoms with Crippen molar-refractivity contribution >= 4 is 0 Å². The monoisotopic (exact) mass is 148 g/mol. The fourth-order valence-electron chi connectivity index (χ4n) is 0.727. The van der Waals surface area contributed by atoms with Crippen LogP contribution in [0.3, 0.4) is 0 Å². The fraction of sp³-hybridized carbons (Fsp3) is 1.00. The van der Waals surface area contributed by atoms with Gasteiger partial charge in [0.1, 0.15) is 0 Å². The average molecular weight is 148 g/mol. The zero-order valence-electron chi connectivity index (χ0n) is 6.13. The first-order valence-electron chi connectivity index (χ1n) is 3.23. The predicted molar refractivity (Wildman–Crippen MR) is 32.7 cm³/mol. The molecule has 4 heteroatoms. The molecule has 4 nitrogen and oxygen atoms in total. The van der Waals surface area contributed by atoms with Crippen LogP contribution in [0.2, 0.25) is 0 Å². The molecule has 0 aromatic carbocycles. The molecule has 0 aromatic heterocycles. The van der Waals surface area contributed by atoms with E-state index in [0.29, 0.717) is 12.8 Å². The second-order valence-electron chi connectivity index (χ2n) is 3.02. The highest BCUT2D eigenvalue weighted by Gasteiger charge is 2.37. The third kappa shape index (κ3) is 1.91. The molecule has 0 aromatic rings. The Morgan fingerprint density at radius 1 is 1.00 bits per heavy atom. The SMILES string of the molecule is CC1(O)CCC(C)(O)OO1. The van der Waals surface area contributed by atoms with E-state index in [4.69, 9.17) is 10.2 Å². The summed E-state index contributed by atoms with van der Waals surface area (Å²) in [6.45, 7) is 2.98. The van der Waals surface area contributed by atoms with E-state index < -0.39 is 11.6 Å². The van der Waals surface area contributed by atoms with Gasteiger partial charge in [-0.3, -0.25) is 0 Å². The van der Waals surface area contributed by atoms with Crippen molar-refractivity contribution in [3.63, 3.8) is 0 Å². The Balaban J connectivity index is 2.46. The first-order chi connectivity index (χ1) is 4.41. The molecule has 0 aliphatic carbocycles. The lowest BCUT2D eigenvalue weighted by Gasteiger charge is -2.34. The van der Waals surface area contributed by atoms with Crippen LogP contribution in [0, 0.1) is 0 Å². The lowest BCUT2D eigenvalue weighted by Crippen LogP contribution is -2.43. The fourth-order valence-corrected chi connectivity index (χ4v) is 0.727. The van der Waals surface area contributed by atoms with Gasteiger partial charge in [-0.15, -0.1) is 0 Å². The molecule has 1 rings (SSSR count). The molecule has 1 aliphatic heterocycles. The molecule has 0 spiro atoms. The van der Waals surface area contributed by atoms with Crippen LogP contribution in [-0.2, 0) is 9.78 Å². The van der Waals surface area contributed by atoms with Gasteiger partial charge < -0.3 is 10.2 Å². The molecule has 1 fully saturated rings. The highest BCUT2D eigenvalue weighted by molar-refractivity contribution is 4.69. The third-order valence-corrected chi connectivity index (χ3v) is 1.45. The van der Waals surface area contributed by atoms with Crippen LogP contribution in [-0.4, -0.2) is 21.8 Å². The van der Waals surface area contributed by atoms with Crippen LogP contribution in [0.15, 0.2) is 0 Å². The zero-order chi connectivity index (χ0) is 7.83. The summed E-state index contributed by atoms with van der Waals surface area (Å²) in [4.78, 5) is 8.97. The van der Waals surface area contributed by atoms with Gasteiger partial charge in [0.15, 0.2) is 11.6 Å². The van der Waals surface area contributed by atoms with Gasteiger partial charge in [0.2, 0.25) is 0 Å². The van der Waals surface area contributed by atoms with E-state index in [1.807, 2.05) is 0 Å². The minimum atomic E-state index is -1.25. The molecule has 1 aliphatic rings. The summed E-state index contributed by atoms with van der Waals surface area (Å²) in [6, 6.07) is 0. The lowest BCUT2D eigenvalue weighted by atomic mass is 10.1. The van der Waals surface area contributed by atoms with E-state index in [0.717, 1.165) is 0 Å². The molecular weight excluding hydrogens is 136 g/mol. The van der Waals surface area contributed by atoms with Crippen LogP contribution in [0.25, 0.3) is 0 Å². The van der Waals surface area contributed by atoms with E-state index in [-0.39, 0.29) is 0 Å². The van der Waals surface area contributed by atoms with Gasteiger partial charge in [-0.05, 0) is 13.8 Å². The number of hydrogen-bond donors (Lipinski definition) is 2. The molecular formula is C6H12O4. The van der Waals surface area contributed by atoms with Gasteiger partial charge in [0.05, 0.1) is 0 Å². The molecule has 1 saturated heterocycles. The Kier molecular flexibility index (Phi) is 1.72. The maximum atomic E-state index is 9.15. The van der Waals surface area contributed by atoms with Crippen molar-refractivity contribution in [1.29, 1.82) is 0 Å². The van der Waals surface area contributed by atoms with Crippen LogP contribution >= 0.6 is 0 Å². The second-order valence-corrected chi connectivity index (χ2v) is 3.02. The van der Waals surface area contributed by atoms with Crippen molar-refractivity contribution in [2.75, 3.05) is 0 Å². The largest absolute Gasteiger partial charge is 0.363 e. The predicted octanol–water partition coefficient (Wildman–Crippen LogP) is 0.145. The molecule has 0 bridgehead atoms. The molecule has 2 unspecified atom stereocenters. The van der Waals surface area contributed by atoms with Gasteiger partial charge in [0, 0.05) is 12.8 Å². The van der Waals surface area contributed by atoms with Crippen LogP contribution in [0.5, 0.6) is 0 Å². The summed E-state index contributed by atoms with van der Waals surface area (Å²) < 4.78 is 0. The summed E-state index contributed by atoms with van der Waals surface area (Å²) in [5.74, 6) is -2.50. The summed E-state index contributed by atoms with van der Waals surface area (Å²) in [5.41, 5.74) is 0. The number of aliphatic hydroxyl groups is 2. The lowest BCUT2D eigenvalue weighted by molar-refractivity contribution is -0.513. The Morgan fingerprint density at radius 2 is 1.30 bits per heavy atom. The smallest absolute Gasteiger partial charge is 0.196 e. The van der Waals surface area contributed by atoms with Crippen molar-refractivity contribution < 1.29 is 20.0 Å². The van der Waals surface area contributed by atoms with Gasteiger partial charge in [-0.2, -0.15) is 9.78 Å². The Bertz CT molecular complexity index is 102. The molecule has 1 heterocycles. The summed E-state index contributed by atoms with van der Waals surface area (Å²) in [5, 5.41) is 18.3. The summed E-state index contributed by atoms with van der Waals surface area (Å²) in [7, 11) is 0. The molecule has 2 atom stereocenters. The molecule has 0 radical (unpaired) electrons. The van der Waals surface area contributed by atoms with E-state index in [1.54, 1.807) is 0 Å². The molecule has 2 N–H and O–H groups in total. The van der Waals surface area contributed by atoms with Crippen molar-refractivity contribution in [2.24, 2.45) is 0 Å². The minimum absolute atomic E-state index is 0.375. The van der Waals surface area contributed by atoms with E-state index in [9.17, 15) is 0 Å². The Labute approximate surface area is 59.3 Å². The van der Waals surface area contributed by atoms with E-state index in [1.165, 1.54) is 13.8 Å². The Hall–Kier alpha value is -0.160. The molecule has 0 amide bonds. The van der Waals surface area contributed by atoms with E-state index in [2.05, 4.69) is 9.78 Å². The van der Waals surface area contributed by atoms with E-state index >= 15 is 0 Å². The van der Waals surface area contributed by atoms with Gasteiger partial charge in [0.25, 0.3) is 0 Å². The van der Waals surface area contributed by atoms with Crippen molar-refractivity contribution in [3.8, 4) is 0 Å². The summed E-state index contributed by atoms with van der Waals surface area (Å²) >= 11 is 0. The highest BCUT2D eigenvalue weighted by atomic mass is 17.3. The minimum Gasteiger partial charge on any atom is -0.363 e. The Morgan fingerprint density at radius 3 is 1.50 bits per heavy atom. The van der Waals surface area contributed by atoms with Crippen LogP contribution in [0.4, 0.5) is 0 Å². The highest BCUT2D eigenvalue weighted by Crippen LogP contribution is 2.28. The van der Waals surface area contributed by atoms with Gasteiger partial charge in [-0.1, -0.05) is 0 Å². The summed E-state index contributed by atoms with van der Waals surface area (Å²) in [6.07, 6.45) is 0.750. The van der Waals surface area contributed by atoms with Crippen LogP contribution in [0.1, 0.15) is 26.7 Å². The second kappa shape index (κ2) is 2.17. The number of hydrogen-bond acceptors (Lipinski definition) is 4. The normalized spacial score (nSPS) is 49.2. The van der Waals surface area contributed by atoms with Gasteiger partial charge in [-0.25, -0.2) is 0 Å². The van der Waals surface area contributed by atoms with Crippen molar-refractivity contribution in [2.45, 2.75) is 38.3 Å². The molecule has 10 heavy (non-hydrogen) atoms.